The zero-order valence-electron chi connectivity index (χ0n) is 5.83. The van der Waals surface area contributed by atoms with Crippen molar-refractivity contribution in [1.29, 1.82) is 0 Å². The summed E-state index contributed by atoms with van der Waals surface area (Å²) in [5.74, 6) is 0. The maximum Gasteiger partial charge on any atom is 0.194 e. The van der Waals surface area contributed by atoms with Crippen LogP contribution in [0.25, 0.3) is 0 Å². The minimum Gasteiger partial charge on any atom is -0.345 e. The molecule has 2 radical (unpaired) electrons. The second-order valence-corrected chi connectivity index (χ2v) is 1.60. The van der Waals surface area contributed by atoms with E-state index >= 15 is 0 Å². The lowest BCUT2D eigenvalue weighted by molar-refractivity contribution is -0.107. The van der Waals surface area contributed by atoms with Crippen molar-refractivity contribution in [2.45, 2.75) is 20.1 Å². The molecule has 0 saturated heterocycles. The third-order valence-corrected chi connectivity index (χ3v) is 0.865. The van der Waals surface area contributed by atoms with E-state index in [0.29, 0.717) is 6.61 Å². The van der Waals surface area contributed by atoms with Crippen molar-refractivity contribution in [3.05, 3.63) is 18.6 Å². The molecular formula is C7H12O2. The minimum atomic E-state index is -0.971. The van der Waals surface area contributed by atoms with Crippen molar-refractivity contribution in [2.24, 2.45) is 0 Å². The highest BCUT2D eigenvalue weighted by atomic mass is 16.6. The van der Waals surface area contributed by atoms with Gasteiger partial charge in [-0.1, -0.05) is 19.1 Å². The van der Waals surface area contributed by atoms with Crippen LogP contribution in [-0.2, 0) is 9.84 Å². The van der Waals surface area contributed by atoms with Crippen LogP contribution in [0.3, 0.4) is 0 Å². The van der Waals surface area contributed by atoms with Crippen LogP contribution in [0.1, 0.15) is 13.8 Å². The Morgan fingerprint density at radius 2 is 2.22 bits per heavy atom. The average Bonchev–Trinajstić information content (AvgIpc) is 1.89. The molecule has 0 aromatic rings. The number of hydrogen-bond donors (Lipinski definition) is 0. The van der Waals surface area contributed by atoms with Gasteiger partial charge in [-0.25, -0.2) is 5.11 Å². The molecule has 1 unspecified atom stereocenters. The summed E-state index contributed by atoms with van der Waals surface area (Å²) < 4.78 is 4.73. The standard InChI is InChI=1S/C7H12O2/c1-3-5-6-9-7(8)4-2/h3-5,7H,6H2,1-2H3. The van der Waals surface area contributed by atoms with E-state index in [1.807, 2.05) is 13.0 Å². The van der Waals surface area contributed by atoms with Gasteiger partial charge in [0.05, 0.1) is 6.61 Å². The van der Waals surface area contributed by atoms with Gasteiger partial charge in [-0.15, -0.1) is 0 Å². The number of allylic oxidation sites excluding steroid dienone is 1. The highest BCUT2D eigenvalue weighted by molar-refractivity contribution is 4.76. The molecule has 0 N–H and O–H groups in total. The molecule has 1 atom stereocenters. The molecule has 0 bridgehead atoms. The fraction of sp³-hybridized carbons (Fsp3) is 0.571. The molecule has 0 aromatic carbocycles. The van der Waals surface area contributed by atoms with E-state index in [2.05, 4.69) is 0 Å². The predicted molar refractivity (Wildman–Crippen MR) is 35.2 cm³/mol. The van der Waals surface area contributed by atoms with E-state index in [4.69, 9.17) is 4.74 Å². The first-order valence-corrected chi connectivity index (χ1v) is 2.99. The number of hydrogen-bond acceptors (Lipinski definition) is 1. The highest BCUT2D eigenvalue weighted by Gasteiger charge is 1.98. The van der Waals surface area contributed by atoms with Gasteiger partial charge in [0, 0.05) is 6.42 Å². The van der Waals surface area contributed by atoms with Gasteiger partial charge in [-0.3, -0.25) is 0 Å². The fourth-order valence-electron chi connectivity index (χ4n) is 0.343. The first kappa shape index (κ1) is 8.66. The third kappa shape index (κ3) is 5.53. The van der Waals surface area contributed by atoms with Crippen LogP contribution in [-0.4, -0.2) is 12.9 Å². The lowest BCUT2D eigenvalue weighted by Gasteiger charge is -2.02. The minimum absolute atomic E-state index is 0.412. The Hall–Kier alpha value is -0.340. The van der Waals surface area contributed by atoms with Crippen molar-refractivity contribution in [3.63, 3.8) is 0 Å². The Kier molecular flexibility index (Phi) is 5.57. The summed E-state index contributed by atoms with van der Waals surface area (Å²) in [6, 6.07) is 0. The highest BCUT2D eigenvalue weighted by Crippen LogP contribution is 1.91. The summed E-state index contributed by atoms with van der Waals surface area (Å²) in [5.41, 5.74) is 0. The van der Waals surface area contributed by atoms with Gasteiger partial charge in [0.15, 0.2) is 6.29 Å². The summed E-state index contributed by atoms with van der Waals surface area (Å²) in [7, 11) is 0. The van der Waals surface area contributed by atoms with Crippen molar-refractivity contribution < 1.29 is 9.84 Å². The molecule has 0 amide bonds. The first-order valence-electron chi connectivity index (χ1n) is 2.99. The monoisotopic (exact) mass is 128 g/mol. The summed E-state index contributed by atoms with van der Waals surface area (Å²) in [5, 5.41) is 10.5. The third-order valence-electron chi connectivity index (χ3n) is 0.865. The number of rotatable bonds is 4. The van der Waals surface area contributed by atoms with E-state index in [9.17, 15) is 5.11 Å². The molecule has 0 aliphatic carbocycles. The molecule has 0 heterocycles. The van der Waals surface area contributed by atoms with Crippen LogP contribution in [0.4, 0.5) is 0 Å². The van der Waals surface area contributed by atoms with Crippen LogP contribution in [0.5, 0.6) is 0 Å². The van der Waals surface area contributed by atoms with Gasteiger partial charge in [0.1, 0.15) is 0 Å². The SMILES string of the molecule is C[CH]C([O])OCC=CC. The van der Waals surface area contributed by atoms with E-state index < -0.39 is 6.29 Å². The Bertz CT molecular complexity index is 79.0. The summed E-state index contributed by atoms with van der Waals surface area (Å²) >= 11 is 0. The summed E-state index contributed by atoms with van der Waals surface area (Å²) in [4.78, 5) is 0. The Labute approximate surface area is 56.1 Å². The smallest absolute Gasteiger partial charge is 0.194 e. The molecule has 52 valence electrons. The van der Waals surface area contributed by atoms with Gasteiger partial charge in [-0.05, 0) is 6.92 Å². The Morgan fingerprint density at radius 3 is 2.67 bits per heavy atom. The molecule has 0 aromatic heterocycles. The molecule has 2 heteroatoms. The molecule has 0 rings (SSSR count). The molecule has 0 spiro atoms. The van der Waals surface area contributed by atoms with Gasteiger partial charge < -0.3 is 4.74 Å². The zero-order valence-corrected chi connectivity index (χ0v) is 5.83. The van der Waals surface area contributed by atoms with Crippen molar-refractivity contribution in [1.82, 2.24) is 0 Å². The lowest BCUT2D eigenvalue weighted by Crippen LogP contribution is -2.08. The normalized spacial score (nSPS) is 14.6. The van der Waals surface area contributed by atoms with Crippen LogP contribution in [0.15, 0.2) is 12.2 Å². The Morgan fingerprint density at radius 1 is 1.56 bits per heavy atom. The molecule has 9 heavy (non-hydrogen) atoms. The van der Waals surface area contributed by atoms with Crippen LogP contribution >= 0.6 is 0 Å². The van der Waals surface area contributed by atoms with Crippen molar-refractivity contribution in [3.8, 4) is 0 Å². The molecule has 0 aliphatic heterocycles. The second-order valence-electron chi connectivity index (χ2n) is 1.60. The topological polar surface area (TPSA) is 29.1 Å². The molecule has 0 fully saturated rings. The average molecular weight is 128 g/mol. The molecule has 2 nitrogen and oxygen atoms in total. The van der Waals surface area contributed by atoms with E-state index in [1.165, 1.54) is 6.42 Å². The number of ether oxygens (including phenoxy) is 1. The van der Waals surface area contributed by atoms with Crippen LogP contribution in [0.2, 0.25) is 0 Å². The maximum atomic E-state index is 10.5. The molecule has 0 saturated carbocycles. The first-order chi connectivity index (χ1) is 4.31. The fourth-order valence-corrected chi connectivity index (χ4v) is 0.343. The largest absolute Gasteiger partial charge is 0.345 e. The Balaban J connectivity index is 3.06. The quantitative estimate of drug-likeness (QED) is 0.417. The molecule has 0 aliphatic rings. The van der Waals surface area contributed by atoms with Gasteiger partial charge in [0.25, 0.3) is 0 Å². The van der Waals surface area contributed by atoms with Gasteiger partial charge in [0.2, 0.25) is 0 Å². The molecular weight excluding hydrogens is 116 g/mol. The summed E-state index contributed by atoms with van der Waals surface area (Å²) in [6.45, 7) is 3.99. The maximum absolute atomic E-state index is 10.5. The van der Waals surface area contributed by atoms with E-state index in [-0.39, 0.29) is 0 Å². The predicted octanol–water partition coefficient (Wildman–Crippen LogP) is 1.56. The zero-order chi connectivity index (χ0) is 7.11. The van der Waals surface area contributed by atoms with Gasteiger partial charge in [-0.2, -0.15) is 0 Å². The van der Waals surface area contributed by atoms with Gasteiger partial charge >= 0.3 is 0 Å². The summed E-state index contributed by atoms with van der Waals surface area (Å²) in [6.07, 6.45) is 4.15. The van der Waals surface area contributed by atoms with Crippen LogP contribution < -0.4 is 0 Å². The van der Waals surface area contributed by atoms with E-state index in [0.717, 1.165) is 0 Å². The van der Waals surface area contributed by atoms with Crippen LogP contribution in [0, 0.1) is 6.42 Å². The second kappa shape index (κ2) is 5.79. The lowest BCUT2D eigenvalue weighted by atomic mass is 10.5. The van der Waals surface area contributed by atoms with Crippen molar-refractivity contribution in [2.75, 3.05) is 6.61 Å². The van der Waals surface area contributed by atoms with Crippen molar-refractivity contribution >= 4 is 0 Å². The van der Waals surface area contributed by atoms with E-state index in [1.54, 1.807) is 13.0 Å².